The van der Waals surface area contributed by atoms with Crippen molar-refractivity contribution in [3.05, 3.63) is 0 Å². The lowest BCUT2D eigenvalue weighted by atomic mass is 9.68. The molecule has 0 aromatic heterocycles. The predicted octanol–water partition coefficient (Wildman–Crippen LogP) is 1.39. The lowest BCUT2D eigenvalue weighted by Gasteiger charge is -2.53. The lowest BCUT2D eigenvalue weighted by Crippen LogP contribution is -2.65. The molecule has 2 spiro atoms. The van der Waals surface area contributed by atoms with E-state index in [1.54, 1.807) is 0 Å². The van der Waals surface area contributed by atoms with Crippen LogP contribution in [-0.2, 0) is 4.74 Å². The van der Waals surface area contributed by atoms with Crippen LogP contribution in [0.15, 0.2) is 0 Å². The summed E-state index contributed by atoms with van der Waals surface area (Å²) in [6, 6.07) is 1.42. The summed E-state index contributed by atoms with van der Waals surface area (Å²) in [6.45, 7) is 2.21. The topological polar surface area (TPSA) is 33.3 Å². The van der Waals surface area contributed by atoms with Crippen molar-refractivity contribution in [1.82, 2.24) is 10.6 Å². The van der Waals surface area contributed by atoms with Crippen LogP contribution < -0.4 is 10.6 Å². The van der Waals surface area contributed by atoms with Gasteiger partial charge in [-0.3, -0.25) is 5.32 Å². The summed E-state index contributed by atoms with van der Waals surface area (Å²) in [5.74, 6) is 0. The van der Waals surface area contributed by atoms with Gasteiger partial charge in [0.1, 0.15) is 5.72 Å². The molecule has 2 unspecified atom stereocenters. The second-order valence-corrected chi connectivity index (χ2v) is 6.54. The number of fused-ring (bicyclic) bond motifs is 2. The largest absolute Gasteiger partial charge is 0.360 e. The average molecular weight is 222 g/mol. The van der Waals surface area contributed by atoms with Gasteiger partial charge in [-0.15, -0.1) is 0 Å². The van der Waals surface area contributed by atoms with E-state index in [0.717, 1.165) is 6.61 Å². The zero-order chi connectivity index (χ0) is 10.6. The number of rotatable bonds is 0. The van der Waals surface area contributed by atoms with Crippen LogP contribution >= 0.6 is 0 Å². The van der Waals surface area contributed by atoms with Crippen molar-refractivity contribution in [2.24, 2.45) is 5.41 Å². The summed E-state index contributed by atoms with van der Waals surface area (Å²) in [6.07, 6.45) is 9.22. The number of nitrogens with one attached hydrogen (secondary N) is 2. The first kappa shape index (κ1) is 9.86. The fourth-order valence-electron chi connectivity index (χ4n) is 4.11. The Kier molecular flexibility index (Phi) is 1.98. The summed E-state index contributed by atoms with van der Waals surface area (Å²) in [4.78, 5) is 0. The summed E-state index contributed by atoms with van der Waals surface area (Å²) in [5.41, 5.74) is 0.563. The fraction of sp³-hybridized carbons (Fsp3) is 1.00. The normalized spacial score (nSPS) is 49.5. The maximum absolute atomic E-state index is 6.29. The number of hydrogen-bond acceptors (Lipinski definition) is 3. The quantitative estimate of drug-likeness (QED) is 0.650. The van der Waals surface area contributed by atoms with Gasteiger partial charge in [0, 0.05) is 36.9 Å². The Morgan fingerprint density at radius 1 is 1.06 bits per heavy atom. The van der Waals surface area contributed by atoms with Gasteiger partial charge in [-0.1, -0.05) is 6.42 Å². The van der Waals surface area contributed by atoms with E-state index in [2.05, 4.69) is 10.6 Å². The molecule has 4 rings (SSSR count). The molecular weight excluding hydrogens is 200 g/mol. The lowest BCUT2D eigenvalue weighted by molar-refractivity contribution is -0.181. The Labute approximate surface area is 97.3 Å². The van der Waals surface area contributed by atoms with E-state index in [1.165, 1.54) is 51.5 Å². The van der Waals surface area contributed by atoms with Gasteiger partial charge in [-0.05, 0) is 25.7 Å². The molecule has 2 atom stereocenters. The van der Waals surface area contributed by atoms with E-state index in [0.29, 0.717) is 17.5 Å². The van der Waals surface area contributed by atoms with Gasteiger partial charge in [0.15, 0.2) is 0 Å². The van der Waals surface area contributed by atoms with E-state index in [9.17, 15) is 0 Å². The molecule has 1 aliphatic carbocycles. The molecule has 3 heteroatoms. The minimum atomic E-state index is 0.0396. The summed E-state index contributed by atoms with van der Waals surface area (Å²) >= 11 is 0. The Balaban J connectivity index is 1.48. The molecule has 3 nitrogen and oxygen atoms in total. The third kappa shape index (κ3) is 1.38. The first-order chi connectivity index (χ1) is 7.78. The van der Waals surface area contributed by atoms with Crippen LogP contribution in [0, 0.1) is 5.41 Å². The van der Waals surface area contributed by atoms with E-state index in [1.807, 2.05) is 0 Å². The second kappa shape index (κ2) is 3.21. The van der Waals surface area contributed by atoms with Crippen LogP contribution in [0.3, 0.4) is 0 Å². The molecule has 16 heavy (non-hydrogen) atoms. The monoisotopic (exact) mass is 222 g/mol. The molecule has 0 amide bonds. The van der Waals surface area contributed by atoms with Crippen molar-refractivity contribution in [3.63, 3.8) is 0 Å². The molecule has 0 aromatic rings. The summed E-state index contributed by atoms with van der Waals surface area (Å²) in [5, 5.41) is 7.46. The van der Waals surface area contributed by atoms with E-state index in [4.69, 9.17) is 4.74 Å². The summed E-state index contributed by atoms with van der Waals surface area (Å²) < 4.78 is 6.29. The standard InChI is InChI=1S/C13H22N2O/c1-4-12(5-1)8-14-13(16-9-12)6-10-2-3-11(7-13)15-10/h10-11,14-15H,1-9H2. The first-order valence-electron chi connectivity index (χ1n) is 6.93. The van der Waals surface area contributed by atoms with Crippen molar-refractivity contribution < 1.29 is 4.74 Å². The number of piperidine rings is 1. The highest BCUT2D eigenvalue weighted by molar-refractivity contribution is 5.04. The van der Waals surface area contributed by atoms with Gasteiger partial charge < -0.3 is 10.1 Å². The molecule has 3 saturated heterocycles. The summed E-state index contributed by atoms with van der Waals surface area (Å²) in [7, 11) is 0. The Morgan fingerprint density at radius 3 is 2.31 bits per heavy atom. The van der Waals surface area contributed by atoms with Crippen LogP contribution in [0.25, 0.3) is 0 Å². The highest BCUT2D eigenvalue weighted by Gasteiger charge is 2.50. The van der Waals surface area contributed by atoms with Crippen molar-refractivity contribution >= 4 is 0 Å². The van der Waals surface area contributed by atoms with Gasteiger partial charge in [-0.2, -0.15) is 0 Å². The van der Waals surface area contributed by atoms with E-state index < -0.39 is 0 Å². The molecule has 0 aromatic carbocycles. The highest BCUT2D eigenvalue weighted by Crippen LogP contribution is 2.46. The molecule has 3 aliphatic heterocycles. The Bertz CT molecular complexity index is 276. The fourth-order valence-corrected chi connectivity index (χ4v) is 4.11. The van der Waals surface area contributed by atoms with Crippen molar-refractivity contribution in [3.8, 4) is 0 Å². The van der Waals surface area contributed by atoms with Gasteiger partial charge in [-0.25, -0.2) is 0 Å². The first-order valence-corrected chi connectivity index (χ1v) is 6.93. The minimum Gasteiger partial charge on any atom is -0.360 e. The van der Waals surface area contributed by atoms with Gasteiger partial charge >= 0.3 is 0 Å². The van der Waals surface area contributed by atoms with Crippen LogP contribution in [0.2, 0.25) is 0 Å². The van der Waals surface area contributed by atoms with Gasteiger partial charge in [0.25, 0.3) is 0 Å². The minimum absolute atomic E-state index is 0.0396. The molecule has 1 saturated carbocycles. The molecule has 4 aliphatic rings. The number of ether oxygens (including phenoxy) is 1. The molecular formula is C13H22N2O. The molecule has 90 valence electrons. The highest BCUT2D eigenvalue weighted by atomic mass is 16.5. The Morgan fingerprint density at radius 2 is 1.81 bits per heavy atom. The average Bonchev–Trinajstić information content (AvgIpc) is 2.58. The Hall–Kier alpha value is -0.120. The van der Waals surface area contributed by atoms with Crippen LogP contribution in [0.4, 0.5) is 0 Å². The van der Waals surface area contributed by atoms with E-state index >= 15 is 0 Å². The predicted molar refractivity (Wildman–Crippen MR) is 62.1 cm³/mol. The van der Waals surface area contributed by atoms with Gasteiger partial charge in [0.05, 0.1) is 6.61 Å². The van der Waals surface area contributed by atoms with Crippen molar-refractivity contribution in [2.75, 3.05) is 13.2 Å². The number of hydrogen-bond donors (Lipinski definition) is 2. The smallest absolute Gasteiger partial charge is 0.122 e. The third-order valence-electron chi connectivity index (χ3n) is 5.34. The van der Waals surface area contributed by atoms with Crippen molar-refractivity contribution in [2.45, 2.75) is 62.8 Å². The van der Waals surface area contributed by atoms with Crippen LogP contribution in [0.5, 0.6) is 0 Å². The van der Waals surface area contributed by atoms with Crippen LogP contribution in [0.1, 0.15) is 44.9 Å². The zero-order valence-electron chi connectivity index (χ0n) is 9.93. The SMILES string of the molecule is C1CC2(C1)CNC1(CC3CCC(C1)N3)OC2. The third-order valence-corrected chi connectivity index (χ3v) is 5.34. The van der Waals surface area contributed by atoms with Crippen LogP contribution in [-0.4, -0.2) is 31.0 Å². The molecule has 3 heterocycles. The van der Waals surface area contributed by atoms with E-state index in [-0.39, 0.29) is 5.72 Å². The zero-order valence-corrected chi connectivity index (χ0v) is 9.93. The van der Waals surface area contributed by atoms with Crippen molar-refractivity contribution in [1.29, 1.82) is 0 Å². The molecule has 4 fully saturated rings. The second-order valence-electron chi connectivity index (χ2n) is 6.54. The maximum Gasteiger partial charge on any atom is 0.122 e. The maximum atomic E-state index is 6.29. The molecule has 2 N–H and O–H groups in total. The van der Waals surface area contributed by atoms with Gasteiger partial charge in [0.2, 0.25) is 0 Å². The molecule has 2 bridgehead atoms. The molecule has 0 radical (unpaired) electrons.